The number of rotatable bonds is 1. The van der Waals surface area contributed by atoms with E-state index in [1.165, 1.54) is 12.1 Å². The first-order valence-corrected chi connectivity index (χ1v) is 8.02. The molecule has 0 spiro atoms. The Morgan fingerprint density at radius 1 is 0.875 bits per heavy atom. The molecule has 1 aromatic rings. The summed E-state index contributed by atoms with van der Waals surface area (Å²) in [7, 11) is -6.52. The van der Waals surface area contributed by atoms with Crippen LogP contribution in [0.5, 0.6) is 0 Å². The van der Waals surface area contributed by atoms with Gasteiger partial charge in [0.05, 0.1) is 9.45 Å². The molecule has 0 aromatic heterocycles. The predicted octanol–water partition coefficient (Wildman–Crippen LogP) is 5.13. The molecule has 0 unspecified atom stereocenters. The standard InChI is InChI=1S/C12H19F3S/c1-12(2,3)10-6-8-11(9-7-10)16(4,5,13,14)15/h6-9H,1-5H3. The van der Waals surface area contributed by atoms with E-state index in [1.54, 1.807) is 12.1 Å². The smallest absolute Gasteiger partial charge is 0.0701 e. The van der Waals surface area contributed by atoms with Crippen molar-refractivity contribution in [3.8, 4) is 0 Å². The normalized spacial score (nSPS) is 17.8. The maximum Gasteiger partial charge on any atom is 0.0701 e. The second-order valence-electron chi connectivity index (χ2n) is 5.92. The van der Waals surface area contributed by atoms with Crippen molar-refractivity contribution >= 4 is 9.45 Å². The van der Waals surface area contributed by atoms with Gasteiger partial charge in [-0.05, 0) is 23.1 Å². The van der Waals surface area contributed by atoms with Crippen LogP contribution in [0.3, 0.4) is 0 Å². The minimum absolute atomic E-state index is 0.120. The molecule has 0 atom stereocenters. The van der Waals surface area contributed by atoms with Crippen molar-refractivity contribution in [1.29, 1.82) is 0 Å². The molecule has 1 aromatic carbocycles. The maximum absolute atomic E-state index is 13.7. The second-order valence-corrected chi connectivity index (χ2v) is 10.7. The van der Waals surface area contributed by atoms with Crippen LogP contribution in [0.2, 0.25) is 0 Å². The lowest BCUT2D eigenvalue weighted by Gasteiger charge is -2.51. The van der Waals surface area contributed by atoms with Crippen LogP contribution in [-0.2, 0) is 5.41 Å². The van der Waals surface area contributed by atoms with E-state index in [1.807, 2.05) is 20.8 Å². The zero-order chi connectivity index (χ0) is 12.9. The molecule has 0 aliphatic heterocycles. The summed E-state index contributed by atoms with van der Waals surface area (Å²) in [5.74, 6) is 0. The molecule has 0 aliphatic rings. The molecule has 0 N–H and O–H groups in total. The van der Waals surface area contributed by atoms with Crippen molar-refractivity contribution in [2.24, 2.45) is 0 Å². The number of benzene rings is 1. The van der Waals surface area contributed by atoms with E-state index in [2.05, 4.69) is 0 Å². The van der Waals surface area contributed by atoms with E-state index in [0.717, 1.165) is 5.56 Å². The molecular weight excluding hydrogens is 233 g/mol. The minimum Gasteiger partial charge on any atom is -0.149 e. The quantitative estimate of drug-likeness (QED) is 0.649. The fourth-order valence-corrected chi connectivity index (χ4v) is 2.37. The third-order valence-corrected chi connectivity index (χ3v) is 4.21. The highest BCUT2D eigenvalue weighted by Gasteiger charge is 2.53. The zero-order valence-corrected chi connectivity index (χ0v) is 11.2. The van der Waals surface area contributed by atoms with Gasteiger partial charge >= 0.3 is 0 Å². The Morgan fingerprint density at radius 2 is 1.25 bits per heavy atom. The number of hydrogen-bond acceptors (Lipinski definition) is 0. The topological polar surface area (TPSA) is 0 Å². The Labute approximate surface area is 95.0 Å². The first-order chi connectivity index (χ1) is 6.70. The third kappa shape index (κ3) is 3.17. The fraction of sp³-hybridized carbons (Fsp3) is 0.500. The summed E-state index contributed by atoms with van der Waals surface area (Å²) >= 11 is 0. The van der Waals surface area contributed by atoms with Crippen LogP contribution in [0.4, 0.5) is 11.7 Å². The van der Waals surface area contributed by atoms with Crippen molar-refractivity contribution < 1.29 is 11.7 Å². The van der Waals surface area contributed by atoms with Crippen LogP contribution in [0, 0.1) is 0 Å². The first kappa shape index (κ1) is 13.4. The van der Waals surface area contributed by atoms with Crippen molar-refractivity contribution in [3.05, 3.63) is 29.8 Å². The van der Waals surface area contributed by atoms with Gasteiger partial charge in [-0.1, -0.05) is 32.9 Å². The van der Waals surface area contributed by atoms with Gasteiger partial charge in [0.25, 0.3) is 0 Å². The SMILES string of the molecule is CC(C)(C)c1ccc(S(C)(C)(F)(F)F)cc1. The molecular formula is C12H19F3S. The Morgan fingerprint density at radius 3 is 1.50 bits per heavy atom. The van der Waals surface area contributed by atoms with Gasteiger partial charge in [0.15, 0.2) is 0 Å². The van der Waals surface area contributed by atoms with Crippen LogP contribution in [0.25, 0.3) is 0 Å². The Kier molecular flexibility index (Phi) is 2.33. The molecule has 0 nitrogen and oxygen atoms in total. The monoisotopic (exact) mass is 252 g/mol. The highest BCUT2D eigenvalue weighted by molar-refractivity contribution is 8.52. The molecule has 0 saturated heterocycles. The molecule has 0 heterocycles. The summed E-state index contributed by atoms with van der Waals surface area (Å²) in [6, 6.07) is 5.53. The van der Waals surface area contributed by atoms with E-state index < -0.39 is 14.3 Å². The minimum atomic E-state index is -6.52. The lowest BCUT2D eigenvalue weighted by atomic mass is 9.87. The van der Waals surface area contributed by atoms with Gasteiger partial charge in [-0.15, -0.1) is 11.7 Å². The molecule has 0 fully saturated rings. The largest absolute Gasteiger partial charge is 0.149 e. The van der Waals surface area contributed by atoms with Crippen molar-refractivity contribution in [1.82, 2.24) is 0 Å². The molecule has 1 rings (SSSR count). The van der Waals surface area contributed by atoms with Crippen LogP contribution in [0.1, 0.15) is 26.3 Å². The predicted molar refractivity (Wildman–Crippen MR) is 66.2 cm³/mol. The van der Waals surface area contributed by atoms with Gasteiger partial charge in [-0.25, -0.2) is 0 Å². The molecule has 0 bridgehead atoms. The molecule has 0 amide bonds. The van der Waals surface area contributed by atoms with Crippen molar-refractivity contribution in [2.75, 3.05) is 12.5 Å². The average molecular weight is 252 g/mol. The summed E-state index contributed by atoms with van der Waals surface area (Å²) in [5.41, 5.74) is 0.795. The van der Waals surface area contributed by atoms with Gasteiger partial charge in [0, 0.05) is 17.4 Å². The fourth-order valence-electron chi connectivity index (χ4n) is 1.38. The summed E-state index contributed by atoms with van der Waals surface area (Å²) in [4.78, 5) is -0.506. The molecule has 94 valence electrons. The van der Waals surface area contributed by atoms with Crippen LogP contribution < -0.4 is 0 Å². The second kappa shape index (κ2) is 2.78. The lowest BCUT2D eigenvalue weighted by Crippen LogP contribution is -2.17. The lowest BCUT2D eigenvalue weighted by molar-refractivity contribution is 0.561. The Hall–Kier alpha value is -0.640. The third-order valence-electron chi connectivity index (χ3n) is 2.46. The maximum atomic E-state index is 13.7. The summed E-state index contributed by atoms with van der Waals surface area (Å²) < 4.78 is 41.1. The zero-order valence-electron chi connectivity index (χ0n) is 10.4. The highest BCUT2D eigenvalue weighted by Crippen LogP contribution is 2.94. The van der Waals surface area contributed by atoms with E-state index in [4.69, 9.17) is 0 Å². The highest BCUT2D eigenvalue weighted by atomic mass is 32.4. The van der Waals surface area contributed by atoms with Gasteiger partial charge in [0.2, 0.25) is 0 Å². The number of halogens is 3. The van der Waals surface area contributed by atoms with Gasteiger partial charge in [0.1, 0.15) is 0 Å². The molecule has 0 saturated carbocycles. The molecule has 0 aliphatic carbocycles. The van der Waals surface area contributed by atoms with E-state index in [9.17, 15) is 11.7 Å². The number of hydrogen-bond donors (Lipinski definition) is 0. The first-order valence-electron chi connectivity index (χ1n) is 5.05. The van der Waals surface area contributed by atoms with Gasteiger partial charge in [-0.3, -0.25) is 0 Å². The average Bonchev–Trinajstić information content (AvgIpc) is 1.99. The van der Waals surface area contributed by atoms with E-state index in [-0.39, 0.29) is 5.41 Å². The van der Waals surface area contributed by atoms with Gasteiger partial charge < -0.3 is 0 Å². The molecule has 0 radical (unpaired) electrons. The van der Waals surface area contributed by atoms with E-state index in [0.29, 0.717) is 12.5 Å². The molecule has 4 heteroatoms. The van der Waals surface area contributed by atoms with Crippen LogP contribution in [0.15, 0.2) is 29.2 Å². The summed E-state index contributed by atoms with van der Waals surface area (Å²) in [6.07, 6.45) is 0.818. The summed E-state index contributed by atoms with van der Waals surface area (Å²) in [6.45, 7) is 5.94. The van der Waals surface area contributed by atoms with E-state index >= 15 is 0 Å². The molecule has 16 heavy (non-hydrogen) atoms. The van der Waals surface area contributed by atoms with Crippen molar-refractivity contribution in [2.45, 2.75) is 31.1 Å². The Bertz CT molecular complexity index is 392. The van der Waals surface area contributed by atoms with Crippen LogP contribution in [-0.4, -0.2) is 12.5 Å². The summed E-state index contributed by atoms with van der Waals surface area (Å²) in [5, 5.41) is 0. The van der Waals surface area contributed by atoms with Gasteiger partial charge in [-0.2, -0.15) is 0 Å². The van der Waals surface area contributed by atoms with Crippen molar-refractivity contribution in [3.63, 3.8) is 0 Å². The van der Waals surface area contributed by atoms with Crippen LogP contribution >= 0.6 is 9.45 Å². The Balaban J connectivity index is 3.27.